The third-order valence-corrected chi connectivity index (χ3v) is 4.07. The largest absolute Gasteiger partial charge is 0.493 e. The summed E-state index contributed by atoms with van der Waals surface area (Å²) in [5.41, 5.74) is 9.21. The summed E-state index contributed by atoms with van der Waals surface area (Å²) in [5.74, 6) is 1.66. The second kappa shape index (κ2) is 11.7. The molecule has 0 saturated carbocycles. The summed E-state index contributed by atoms with van der Waals surface area (Å²) < 4.78 is 10.5. The van der Waals surface area contributed by atoms with Gasteiger partial charge in [-0.2, -0.15) is 0 Å². The van der Waals surface area contributed by atoms with Crippen molar-refractivity contribution in [2.75, 3.05) is 33.1 Å². The normalized spacial score (nSPS) is 11.1. The zero-order valence-corrected chi connectivity index (χ0v) is 18.7. The first-order chi connectivity index (χ1) is 12.5. The monoisotopic (exact) mass is 484 g/mol. The Bertz CT molecular complexity index is 753. The summed E-state index contributed by atoms with van der Waals surface area (Å²) in [7, 11) is 5.31. The van der Waals surface area contributed by atoms with Crippen LogP contribution in [0.1, 0.15) is 18.1 Å². The molecule has 0 atom stereocenters. The van der Waals surface area contributed by atoms with Gasteiger partial charge >= 0.3 is 0 Å². The van der Waals surface area contributed by atoms with E-state index >= 15 is 0 Å². The van der Waals surface area contributed by atoms with Gasteiger partial charge in [-0.1, -0.05) is 31.2 Å². The topological polar surface area (TPSA) is 72.1 Å². The second-order valence-corrected chi connectivity index (χ2v) is 6.05. The first kappa shape index (κ1) is 23.0. The number of hydrogen-bond acceptors (Lipinski definition) is 4. The van der Waals surface area contributed by atoms with Gasteiger partial charge < -0.3 is 25.4 Å². The van der Waals surface area contributed by atoms with Crippen LogP contribution >= 0.6 is 24.0 Å². The molecule has 7 heteroatoms. The van der Waals surface area contributed by atoms with Crippen molar-refractivity contribution in [1.82, 2.24) is 4.90 Å². The van der Waals surface area contributed by atoms with Crippen molar-refractivity contribution in [3.63, 3.8) is 0 Å². The molecule has 0 bridgehead atoms. The number of rotatable bonds is 8. The van der Waals surface area contributed by atoms with E-state index in [-0.39, 0.29) is 24.0 Å². The van der Waals surface area contributed by atoms with Crippen molar-refractivity contribution in [3.8, 4) is 11.5 Å². The number of methoxy groups -OCH3 is 2. The molecule has 0 aliphatic rings. The smallest absolute Gasteiger partial charge is 0.193 e. The molecule has 0 fully saturated rings. The minimum Gasteiger partial charge on any atom is -0.493 e. The molecule has 2 rings (SSSR count). The molecule has 0 unspecified atom stereocenters. The van der Waals surface area contributed by atoms with E-state index in [1.807, 2.05) is 18.2 Å². The highest BCUT2D eigenvalue weighted by Gasteiger charge is 2.05. The average Bonchev–Trinajstić information content (AvgIpc) is 2.66. The summed E-state index contributed by atoms with van der Waals surface area (Å²) in [5, 5.41) is 3.08. The highest BCUT2D eigenvalue weighted by molar-refractivity contribution is 14.0. The van der Waals surface area contributed by atoms with Gasteiger partial charge in [-0.3, -0.25) is 0 Å². The second-order valence-electron chi connectivity index (χ2n) is 6.05. The standard InChI is InChI=1S/C20H28N4O2.HI/c1-5-24(2)14-16-8-6-7-15(11-16)13-22-20(21)23-17-9-10-18(25-3)19(12-17)26-4;/h6-12H,5,13-14H2,1-4H3,(H3,21,22,23);1H. The summed E-state index contributed by atoms with van der Waals surface area (Å²) in [6.45, 7) is 4.61. The third kappa shape index (κ3) is 7.26. The molecule has 6 nitrogen and oxygen atoms in total. The lowest BCUT2D eigenvalue weighted by molar-refractivity contribution is 0.345. The Kier molecular flexibility index (Phi) is 9.95. The Labute approximate surface area is 178 Å². The van der Waals surface area contributed by atoms with Crippen LogP contribution in [0.15, 0.2) is 47.5 Å². The van der Waals surface area contributed by atoms with E-state index in [9.17, 15) is 0 Å². The number of benzene rings is 2. The van der Waals surface area contributed by atoms with Gasteiger partial charge in [0.25, 0.3) is 0 Å². The van der Waals surface area contributed by atoms with Gasteiger partial charge in [0.15, 0.2) is 17.5 Å². The number of anilines is 1. The Morgan fingerprint density at radius 1 is 1.07 bits per heavy atom. The van der Waals surface area contributed by atoms with Crippen molar-refractivity contribution in [3.05, 3.63) is 53.6 Å². The fourth-order valence-corrected chi connectivity index (χ4v) is 2.53. The number of halogens is 1. The Balaban J connectivity index is 0.00000364. The fourth-order valence-electron chi connectivity index (χ4n) is 2.53. The zero-order chi connectivity index (χ0) is 18.9. The average molecular weight is 484 g/mol. The Morgan fingerprint density at radius 2 is 1.78 bits per heavy atom. The van der Waals surface area contributed by atoms with Crippen molar-refractivity contribution in [1.29, 1.82) is 0 Å². The quantitative estimate of drug-likeness (QED) is 0.340. The number of ether oxygens (including phenoxy) is 2. The van der Waals surface area contributed by atoms with Gasteiger partial charge in [0.1, 0.15) is 0 Å². The van der Waals surface area contributed by atoms with E-state index in [0.717, 1.165) is 24.3 Å². The van der Waals surface area contributed by atoms with E-state index in [1.165, 1.54) is 5.56 Å². The summed E-state index contributed by atoms with van der Waals surface area (Å²) in [4.78, 5) is 6.69. The molecule has 27 heavy (non-hydrogen) atoms. The number of nitrogens with one attached hydrogen (secondary N) is 1. The number of nitrogens with two attached hydrogens (primary N) is 1. The third-order valence-electron chi connectivity index (χ3n) is 4.07. The molecule has 0 radical (unpaired) electrons. The minimum absolute atomic E-state index is 0. The lowest BCUT2D eigenvalue weighted by atomic mass is 10.1. The summed E-state index contributed by atoms with van der Waals surface area (Å²) in [6, 6.07) is 13.9. The number of hydrogen-bond donors (Lipinski definition) is 2. The Hall–Kier alpha value is -2.00. The first-order valence-corrected chi connectivity index (χ1v) is 8.61. The molecule has 0 aliphatic heterocycles. The van der Waals surface area contributed by atoms with Crippen LogP contribution in [0.5, 0.6) is 11.5 Å². The molecule has 0 aromatic heterocycles. The van der Waals surface area contributed by atoms with Crippen molar-refractivity contribution >= 4 is 35.6 Å². The van der Waals surface area contributed by atoms with E-state index in [1.54, 1.807) is 14.2 Å². The molecule has 0 spiro atoms. The van der Waals surface area contributed by atoms with Crippen LogP contribution in [0.25, 0.3) is 0 Å². The van der Waals surface area contributed by atoms with Gasteiger partial charge in [0, 0.05) is 18.3 Å². The summed E-state index contributed by atoms with van der Waals surface area (Å²) in [6.07, 6.45) is 0. The molecule has 0 saturated heterocycles. The highest BCUT2D eigenvalue weighted by atomic mass is 127. The number of guanidine groups is 1. The van der Waals surface area contributed by atoms with Crippen LogP contribution in [0.2, 0.25) is 0 Å². The molecule has 0 amide bonds. The lowest BCUT2D eigenvalue weighted by Crippen LogP contribution is -2.22. The number of aliphatic imine (C=N–C) groups is 1. The molecule has 3 N–H and O–H groups in total. The van der Waals surface area contributed by atoms with Crippen molar-refractivity contribution in [2.24, 2.45) is 10.7 Å². The molecular weight excluding hydrogens is 455 g/mol. The zero-order valence-electron chi connectivity index (χ0n) is 16.4. The van der Waals surface area contributed by atoms with E-state index in [2.05, 4.69) is 53.4 Å². The maximum absolute atomic E-state index is 6.01. The fraction of sp³-hybridized carbons (Fsp3) is 0.350. The summed E-state index contributed by atoms with van der Waals surface area (Å²) >= 11 is 0. The van der Waals surface area contributed by atoms with Gasteiger partial charge in [0.2, 0.25) is 0 Å². The molecule has 2 aromatic rings. The van der Waals surface area contributed by atoms with E-state index < -0.39 is 0 Å². The van der Waals surface area contributed by atoms with Crippen LogP contribution < -0.4 is 20.5 Å². The van der Waals surface area contributed by atoms with Crippen LogP contribution in [0.4, 0.5) is 5.69 Å². The lowest BCUT2D eigenvalue weighted by Gasteiger charge is -2.14. The molecule has 2 aromatic carbocycles. The minimum atomic E-state index is 0. The van der Waals surface area contributed by atoms with Crippen LogP contribution in [-0.2, 0) is 13.1 Å². The molecule has 0 heterocycles. The molecule has 0 aliphatic carbocycles. The van der Waals surface area contributed by atoms with Gasteiger partial charge in [-0.15, -0.1) is 24.0 Å². The van der Waals surface area contributed by atoms with Crippen molar-refractivity contribution in [2.45, 2.75) is 20.0 Å². The predicted molar refractivity (Wildman–Crippen MR) is 122 cm³/mol. The van der Waals surface area contributed by atoms with Crippen molar-refractivity contribution < 1.29 is 9.47 Å². The van der Waals surface area contributed by atoms with Crippen LogP contribution in [-0.4, -0.2) is 38.7 Å². The maximum atomic E-state index is 6.01. The predicted octanol–water partition coefficient (Wildman–Crippen LogP) is 3.70. The van der Waals surface area contributed by atoms with Crippen LogP contribution in [0, 0.1) is 0 Å². The Morgan fingerprint density at radius 3 is 2.44 bits per heavy atom. The van der Waals surface area contributed by atoms with Gasteiger partial charge in [-0.05, 0) is 36.9 Å². The van der Waals surface area contributed by atoms with Gasteiger partial charge in [-0.25, -0.2) is 4.99 Å². The molecule has 148 valence electrons. The molecular formula is C20H29IN4O2. The maximum Gasteiger partial charge on any atom is 0.193 e. The van der Waals surface area contributed by atoms with E-state index in [4.69, 9.17) is 15.2 Å². The number of nitrogens with zero attached hydrogens (tertiary/aromatic N) is 2. The van der Waals surface area contributed by atoms with E-state index in [0.29, 0.717) is 24.0 Å². The first-order valence-electron chi connectivity index (χ1n) is 8.61. The van der Waals surface area contributed by atoms with Gasteiger partial charge in [0.05, 0.1) is 20.8 Å². The van der Waals surface area contributed by atoms with Crippen LogP contribution in [0.3, 0.4) is 0 Å². The SMILES string of the molecule is CCN(C)Cc1cccc(CN=C(N)Nc2ccc(OC)c(OC)c2)c1.I. The highest BCUT2D eigenvalue weighted by Crippen LogP contribution is 2.29.